The lowest BCUT2D eigenvalue weighted by Crippen LogP contribution is -2.47. The largest absolute Gasteiger partial charge is 0.496 e. The van der Waals surface area contributed by atoms with Crippen LogP contribution in [0.1, 0.15) is 24.0 Å². The normalized spacial score (nSPS) is 16.3. The van der Waals surface area contributed by atoms with Crippen LogP contribution in [0.4, 0.5) is 5.69 Å². The summed E-state index contributed by atoms with van der Waals surface area (Å²) in [5.41, 5.74) is 2.63. The standard InChI is InChI=1S/C27H30N2O5S/c1-20-6-5-8-24(16-20)35(30,31)29(23-10-11-26-27(17-23)34-19-33-26)22-12-14-28(15-13-22)18-21-7-3-4-9-25(21)32-2/h3-11,16-17,22H,12-15,18-19H2,1-2H3. The van der Waals surface area contributed by atoms with E-state index in [1.807, 2.05) is 37.3 Å². The van der Waals surface area contributed by atoms with Gasteiger partial charge in [-0.25, -0.2) is 8.42 Å². The average molecular weight is 495 g/mol. The maximum atomic E-state index is 14.0. The number of para-hydroxylation sites is 1. The molecule has 0 saturated carbocycles. The van der Waals surface area contributed by atoms with E-state index in [9.17, 15) is 8.42 Å². The van der Waals surface area contributed by atoms with E-state index in [0.717, 1.165) is 36.5 Å². The lowest BCUT2D eigenvalue weighted by Gasteiger charge is -2.39. The van der Waals surface area contributed by atoms with Crippen LogP contribution < -0.4 is 18.5 Å². The summed E-state index contributed by atoms with van der Waals surface area (Å²) in [5.74, 6) is 2.08. The van der Waals surface area contributed by atoms with Gasteiger partial charge in [0.15, 0.2) is 11.5 Å². The van der Waals surface area contributed by atoms with Gasteiger partial charge in [-0.3, -0.25) is 9.21 Å². The third kappa shape index (κ3) is 4.81. The third-order valence-corrected chi connectivity index (χ3v) is 8.51. The van der Waals surface area contributed by atoms with E-state index in [2.05, 4.69) is 11.0 Å². The van der Waals surface area contributed by atoms with Crippen molar-refractivity contribution in [2.45, 2.75) is 37.2 Å². The Morgan fingerprint density at radius 1 is 0.971 bits per heavy atom. The number of piperidine rings is 1. The van der Waals surface area contributed by atoms with Crippen molar-refractivity contribution in [1.29, 1.82) is 0 Å². The molecule has 8 heteroatoms. The third-order valence-electron chi connectivity index (χ3n) is 6.63. The van der Waals surface area contributed by atoms with Gasteiger partial charge in [-0.2, -0.15) is 0 Å². The number of likely N-dealkylation sites (tertiary alicyclic amines) is 1. The number of methoxy groups -OCH3 is 1. The Balaban J connectivity index is 1.42. The number of nitrogens with zero attached hydrogens (tertiary/aromatic N) is 2. The molecule has 0 N–H and O–H groups in total. The van der Waals surface area contributed by atoms with Crippen LogP contribution in [0.2, 0.25) is 0 Å². The summed E-state index contributed by atoms with van der Waals surface area (Å²) in [5, 5.41) is 0. The summed E-state index contributed by atoms with van der Waals surface area (Å²) >= 11 is 0. The lowest BCUT2D eigenvalue weighted by atomic mass is 10.0. The van der Waals surface area contributed by atoms with Crippen LogP contribution in [-0.4, -0.2) is 46.4 Å². The topological polar surface area (TPSA) is 68.3 Å². The molecule has 184 valence electrons. The lowest BCUT2D eigenvalue weighted by molar-refractivity contribution is 0.174. The molecular formula is C27H30N2O5S. The van der Waals surface area contributed by atoms with Crippen molar-refractivity contribution in [1.82, 2.24) is 4.90 Å². The first kappa shape index (κ1) is 23.5. The molecule has 0 bridgehead atoms. The molecule has 0 atom stereocenters. The zero-order valence-corrected chi connectivity index (χ0v) is 20.8. The van der Waals surface area contributed by atoms with E-state index < -0.39 is 10.0 Å². The molecule has 2 aliphatic heterocycles. The van der Waals surface area contributed by atoms with Gasteiger partial charge in [-0.15, -0.1) is 0 Å². The molecule has 0 aliphatic carbocycles. The Kier molecular flexibility index (Phi) is 6.58. The fourth-order valence-corrected chi connectivity index (χ4v) is 6.65. The molecule has 0 radical (unpaired) electrons. The van der Waals surface area contributed by atoms with Crippen LogP contribution in [0.25, 0.3) is 0 Å². The van der Waals surface area contributed by atoms with Gasteiger partial charge in [0.05, 0.1) is 17.7 Å². The molecule has 1 fully saturated rings. The van der Waals surface area contributed by atoms with Gasteiger partial charge in [0.2, 0.25) is 6.79 Å². The first-order valence-corrected chi connectivity index (χ1v) is 13.2. The number of aryl methyl sites for hydroxylation is 1. The molecule has 1 saturated heterocycles. The first-order chi connectivity index (χ1) is 17.0. The first-order valence-electron chi connectivity index (χ1n) is 11.8. The number of anilines is 1. The van der Waals surface area contributed by atoms with Crippen molar-refractivity contribution in [3.63, 3.8) is 0 Å². The molecule has 0 spiro atoms. The van der Waals surface area contributed by atoms with Crippen molar-refractivity contribution in [2.75, 3.05) is 31.3 Å². The van der Waals surface area contributed by atoms with Gasteiger partial charge in [0.1, 0.15) is 5.75 Å². The number of hydrogen-bond donors (Lipinski definition) is 0. The Morgan fingerprint density at radius 3 is 2.51 bits per heavy atom. The minimum Gasteiger partial charge on any atom is -0.496 e. The van der Waals surface area contributed by atoms with Crippen LogP contribution >= 0.6 is 0 Å². The molecule has 3 aromatic carbocycles. The minimum absolute atomic E-state index is 0.144. The summed E-state index contributed by atoms with van der Waals surface area (Å²) in [4.78, 5) is 2.65. The predicted octanol–water partition coefficient (Wildman–Crippen LogP) is 4.59. The predicted molar refractivity (Wildman–Crippen MR) is 135 cm³/mol. The van der Waals surface area contributed by atoms with Gasteiger partial charge >= 0.3 is 0 Å². The van der Waals surface area contributed by atoms with E-state index in [1.165, 1.54) is 0 Å². The molecule has 0 amide bonds. The zero-order valence-electron chi connectivity index (χ0n) is 20.0. The van der Waals surface area contributed by atoms with E-state index >= 15 is 0 Å². The summed E-state index contributed by atoms with van der Waals surface area (Å²) < 4.78 is 46.0. The van der Waals surface area contributed by atoms with E-state index in [4.69, 9.17) is 14.2 Å². The molecule has 2 aliphatic rings. The molecular weight excluding hydrogens is 464 g/mol. The molecule has 0 unspecified atom stereocenters. The maximum Gasteiger partial charge on any atom is 0.264 e. The highest BCUT2D eigenvalue weighted by molar-refractivity contribution is 7.92. The number of benzene rings is 3. The molecule has 3 aromatic rings. The maximum absolute atomic E-state index is 14.0. The molecule has 5 rings (SSSR count). The van der Waals surface area contributed by atoms with Crippen LogP contribution in [0.3, 0.4) is 0 Å². The summed E-state index contributed by atoms with van der Waals surface area (Å²) in [6, 6.07) is 20.3. The Hall–Kier alpha value is -3.23. The van der Waals surface area contributed by atoms with Crippen LogP contribution in [0, 0.1) is 6.92 Å². The fourth-order valence-electron chi connectivity index (χ4n) is 4.84. The highest BCUT2D eigenvalue weighted by Crippen LogP contribution is 2.39. The second-order valence-corrected chi connectivity index (χ2v) is 10.8. The highest BCUT2D eigenvalue weighted by atomic mass is 32.2. The molecule has 7 nitrogen and oxygen atoms in total. The monoisotopic (exact) mass is 494 g/mol. The Bertz CT molecular complexity index is 1300. The van der Waals surface area contributed by atoms with Gasteiger partial charge in [-0.1, -0.05) is 30.3 Å². The molecule has 2 heterocycles. The number of hydrogen-bond acceptors (Lipinski definition) is 6. The van der Waals surface area contributed by atoms with Crippen LogP contribution in [0.5, 0.6) is 17.2 Å². The Morgan fingerprint density at radius 2 is 1.74 bits per heavy atom. The van der Waals surface area contributed by atoms with Crippen molar-refractivity contribution in [2.24, 2.45) is 0 Å². The van der Waals surface area contributed by atoms with Crippen LogP contribution in [-0.2, 0) is 16.6 Å². The number of ether oxygens (including phenoxy) is 3. The zero-order chi connectivity index (χ0) is 24.4. The summed E-state index contributed by atoms with van der Waals surface area (Å²) in [6.45, 7) is 4.39. The number of rotatable bonds is 7. The number of sulfonamides is 1. The minimum atomic E-state index is -3.78. The van der Waals surface area contributed by atoms with E-state index in [0.29, 0.717) is 34.9 Å². The second kappa shape index (κ2) is 9.79. The van der Waals surface area contributed by atoms with Crippen LogP contribution in [0.15, 0.2) is 71.6 Å². The summed E-state index contributed by atoms with van der Waals surface area (Å²) in [6.07, 6.45) is 1.43. The van der Waals surface area contributed by atoms with Gasteiger partial charge in [-0.05, 0) is 55.7 Å². The van der Waals surface area contributed by atoms with Crippen molar-refractivity contribution >= 4 is 15.7 Å². The fraction of sp³-hybridized carbons (Fsp3) is 0.333. The van der Waals surface area contributed by atoms with Gasteiger partial charge < -0.3 is 14.2 Å². The molecule has 0 aromatic heterocycles. The van der Waals surface area contributed by atoms with Gasteiger partial charge in [0, 0.05) is 37.3 Å². The average Bonchev–Trinajstić information content (AvgIpc) is 3.34. The SMILES string of the molecule is COc1ccccc1CN1CCC(N(c2ccc3c(c2)OCO3)S(=O)(=O)c2cccc(C)c2)CC1. The van der Waals surface area contributed by atoms with E-state index in [-0.39, 0.29) is 12.8 Å². The highest BCUT2D eigenvalue weighted by Gasteiger charge is 2.35. The van der Waals surface area contributed by atoms with Crippen molar-refractivity contribution in [3.8, 4) is 17.2 Å². The number of fused-ring (bicyclic) bond motifs is 1. The quantitative estimate of drug-likeness (QED) is 0.479. The molecule has 35 heavy (non-hydrogen) atoms. The second-order valence-electron chi connectivity index (χ2n) is 8.97. The smallest absolute Gasteiger partial charge is 0.264 e. The summed E-state index contributed by atoms with van der Waals surface area (Å²) in [7, 11) is -2.10. The van der Waals surface area contributed by atoms with Crippen molar-refractivity contribution in [3.05, 3.63) is 77.9 Å². The Labute approximate surface area is 206 Å². The van der Waals surface area contributed by atoms with E-state index in [1.54, 1.807) is 41.7 Å². The van der Waals surface area contributed by atoms with Gasteiger partial charge in [0.25, 0.3) is 10.0 Å². The van der Waals surface area contributed by atoms with Crippen molar-refractivity contribution < 1.29 is 22.6 Å².